The highest BCUT2D eigenvalue weighted by molar-refractivity contribution is 5.89. The van der Waals surface area contributed by atoms with Crippen molar-refractivity contribution in [1.82, 2.24) is 10.2 Å². The van der Waals surface area contributed by atoms with Crippen molar-refractivity contribution < 1.29 is 9.59 Å². The molecule has 110 valence electrons. The fourth-order valence-electron chi connectivity index (χ4n) is 1.68. The second-order valence-electron chi connectivity index (χ2n) is 5.30. The Morgan fingerprint density at radius 2 is 1.85 bits per heavy atom. The summed E-state index contributed by atoms with van der Waals surface area (Å²) in [6, 6.07) is 9.75. The average Bonchev–Trinajstić information content (AvgIpc) is 2.41. The van der Waals surface area contributed by atoms with Crippen LogP contribution in [-0.4, -0.2) is 35.3 Å². The zero-order valence-electron chi connectivity index (χ0n) is 12.3. The summed E-state index contributed by atoms with van der Waals surface area (Å²) in [5.41, 5.74) is 5.75. The normalized spacial score (nSPS) is 11.0. The Bertz CT molecular complexity index is 452. The highest BCUT2D eigenvalue weighted by atomic mass is 16.2. The first-order valence-corrected chi connectivity index (χ1v) is 6.73. The molecule has 2 amide bonds. The van der Waals surface area contributed by atoms with E-state index in [1.165, 1.54) is 0 Å². The van der Waals surface area contributed by atoms with Gasteiger partial charge in [0.25, 0.3) is 0 Å². The van der Waals surface area contributed by atoms with Crippen molar-refractivity contribution in [3.05, 3.63) is 35.9 Å². The fraction of sp³-hybridized carbons (Fsp3) is 0.467. The molecule has 1 aromatic rings. The molecule has 0 radical (unpaired) electrons. The van der Waals surface area contributed by atoms with Crippen molar-refractivity contribution >= 4 is 11.8 Å². The second kappa shape index (κ2) is 7.05. The van der Waals surface area contributed by atoms with E-state index in [1.807, 2.05) is 37.3 Å². The maximum Gasteiger partial charge on any atom is 0.242 e. The molecule has 0 bridgehead atoms. The van der Waals surface area contributed by atoms with Crippen molar-refractivity contribution in [2.24, 2.45) is 5.73 Å². The van der Waals surface area contributed by atoms with Crippen molar-refractivity contribution in [3.8, 4) is 0 Å². The molecule has 0 atom stereocenters. The molecule has 0 fully saturated rings. The molecule has 0 aliphatic heterocycles. The molecule has 0 unspecified atom stereocenters. The summed E-state index contributed by atoms with van der Waals surface area (Å²) in [5, 5.41) is 2.57. The molecular formula is C15H23N3O2. The molecule has 0 aliphatic carbocycles. The molecule has 0 heterocycles. The fourth-order valence-corrected chi connectivity index (χ4v) is 1.68. The van der Waals surface area contributed by atoms with Crippen LogP contribution >= 0.6 is 0 Å². The Labute approximate surface area is 120 Å². The molecule has 5 nitrogen and oxygen atoms in total. The number of likely N-dealkylation sites (N-methyl/N-ethyl adjacent to an activating group) is 1. The van der Waals surface area contributed by atoms with Crippen LogP contribution in [0.15, 0.2) is 30.3 Å². The summed E-state index contributed by atoms with van der Waals surface area (Å²) >= 11 is 0. The van der Waals surface area contributed by atoms with Gasteiger partial charge in [0.1, 0.15) is 0 Å². The lowest BCUT2D eigenvalue weighted by molar-refractivity contribution is -0.134. The van der Waals surface area contributed by atoms with Crippen molar-refractivity contribution in [1.29, 1.82) is 0 Å². The minimum atomic E-state index is -0.975. The van der Waals surface area contributed by atoms with Gasteiger partial charge in [0.05, 0.1) is 12.1 Å². The van der Waals surface area contributed by atoms with E-state index in [9.17, 15) is 9.59 Å². The number of hydrogen-bond acceptors (Lipinski definition) is 3. The smallest absolute Gasteiger partial charge is 0.242 e. The number of hydrogen-bond donors (Lipinski definition) is 2. The van der Waals surface area contributed by atoms with E-state index < -0.39 is 5.54 Å². The van der Waals surface area contributed by atoms with Crippen molar-refractivity contribution in [3.63, 3.8) is 0 Å². The lowest BCUT2D eigenvalue weighted by Gasteiger charge is -2.23. The first kappa shape index (κ1) is 16.2. The summed E-state index contributed by atoms with van der Waals surface area (Å²) in [7, 11) is 0. The van der Waals surface area contributed by atoms with E-state index in [0.717, 1.165) is 5.56 Å². The third-order valence-corrected chi connectivity index (χ3v) is 2.94. The Kier molecular flexibility index (Phi) is 5.70. The third kappa shape index (κ3) is 5.01. The van der Waals surface area contributed by atoms with Crippen LogP contribution in [0.4, 0.5) is 0 Å². The largest absolute Gasteiger partial charge is 0.345 e. The first-order valence-electron chi connectivity index (χ1n) is 6.73. The molecule has 5 heteroatoms. The Balaban J connectivity index is 2.54. The quantitative estimate of drug-likeness (QED) is 0.811. The molecule has 0 aromatic heterocycles. The molecular weight excluding hydrogens is 254 g/mol. The lowest BCUT2D eigenvalue weighted by Crippen LogP contribution is -2.51. The minimum absolute atomic E-state index is 0.0276. The number of amides is 2. The van der Waals surface area contributed by atoms with Crippen LogP contribution in [0.2, 0.25) is 0 Å². The molecule has 0 saturated heterocycles. The van der Waals surface area contributed by atoms with Gasteiger partial charge in [0.15, 0.2) is 0 Å². The van der Waals surface area contributed by atoms with E-state index in [1.54, 1.807) is 18.7 Å². The predicted molar refractivity (Wildman–Crippen MR) is 78.8 cm³/mol. The number of nitrogens with two attached hydrogens (primary N) is 1. The molecule has 1 aromatic carbocycles. The van der Waals surface area contributed by atoms with Crippen LogP contribution in [0, 0.1) is 0 Å². The van der Waals surface area contributed by atoms with Gasteiger partial charge in [-0.3, -0.25) is 9.59 Å². The summed E-state index contributed by atoms with van der Waals surface area (Å²) in [5.74, 6) is -0.449. The van der Waals surface area contributed by atoms with Crippen molar-refractivity contribution in [2.45, 2.75) is 32.9 Å². The standard InChI is InChI=1S/C15H23N3O2/c1-4-18(11-12-8-6-5-7-9-12)13(19)10-17-14(20)15(2,3)16/h5-9H,4,10-11,16H2,1-3H3,(H,17,20). The number of carbonyl (C=O) groups is 2. The number of nitrogens with zero attached hydrogens (tertiary/aromatic N) is 1. The molecule has 3 N–H and O–H groups in total. The van der Waals surface area contributed by atoms with Gasteiger partial charge in [0, 0.05) is 13.1 Å². The number of carbonyl (C=O) groups excluding carboxylic acids is 2. The third-order valence-electron chi connectivity index (χ3n) is 2.94. The summed E-state index contributed by atoms with van der Waals surface area (Å²) in [6.45, 7) is 6.23. The maximum atomic E-state index is 12.1. The van der Waals surface area contributed by atoms with Crippen LogP contribution < -0.4 is 11.1 Å². The number of benzene rings is 1. The highest BCUT2D eigenvalue weighted by Gasteiger charge is 2.23. The van der Waals surface area contributed by atoms with Gasteiger partial charge < -0.3 is 16.0 Å². The summed E-state index contributed by atoms with van der Waals surface area (Å²) in [4.78, 5) is 25.4. The molecule has 0 aliphatic rings. The summed E-state index contributed by atoms with van der Waals surface area (Å²) in [6.07, 6.45) is 0. The van der Waals surface area contributed by atoms with Gasteiger partial charge in [-0.25, -0.2) is 0 Å². The number of rotatable bonds is 6. The van der Waals surface area contributed by atoms with Crippen LogP contribution in [-0.2, 0) is 16.1 Å². The topological polar surface area (TPSA) is 75.4 Å². The van der Waals surface area contributed by atoms with E-state index >= 15 is 0 Å². The first-order chi connectivity index (χ1) is 9.34. The zero-order valence-corrected chi connectivity index (χ0v) is 12.3. The molecule has 1 rings (SSSR count). The predicted octanol–water partition coefficient (Wildman–Crippen LogP) is 0.889. The highest BCUT2D eigenvalue weighted by Crippen LogP contribution is 2.04. The lowest BCUT2D eigenvalue weighted by atomic mass is 10.1. The SMILES string of the molecule is CCN(Cc1ccccc1)C(=O)CNC(=O)C(C)(C)N. The Morgan fingerprint density at radius 1 is 1.25 bits per heavy atom. The second-order valence-corrected chi connectivity index (χ2v) is 5.30. The van der Waals surface area contributed by atoms with Crippen LogP contribution in [0.3, 0.4) is 0 Å². The zero-order chi connectivity index (χ0) is 15.2. The Morgan fingerprint density at radius 3 is 2.35 bits per heavy atom. The number of nitrogens with one attached hydrogen (secondary N) is 1. The molecule has 0 spiro atoms. The van der Waals surface area contributed by atoms with Gasteiger partial charge in [0.2, 0.25) is 11.8 Å². The maximum absolute atomic E-state index is 12.1. The van der Waals surface area contributed by atoms with Crippen LogP contribution in [0.25, 0.3) is 0 Å². The van der Waals surface area contributed by atoms with Gasteiger partial charge >= 0.3 is 0 Å². The van der Waals surface area contributed by atoms with E-state index in [4.69, 9.17) is 5.73 Å². The summed E-state index contributed by atoms with van der Waals surface area (Å²) < 4.78 is 0. The molecule has 0 saturated carbocycles. The van der Waals surface area contributed by atoms with E-state index in [2.05, 4.69) is 5.32 Å². The van der Waals surface area contributed by atoms with Gasteiger partial charge in [-0.2, -0.15) is 0 Å². The van der Waals surface area contributed by atoms with Crippen molar-refractivity contribution in [2.75, 3.05) is 13.1 Å². The minimum Gasteiger partial charge on any atom is -0.345 e. The van der Waals surface area contributed by atoms with Crippen LogP contribution in [0.1, 0.15) is 26.3 Å². The van der Waals surface area contributed by atoms with Gasteiger partial charge in [-0.05, 0) is 26.3 Å². The monoisotopic (exact) mass is 277 g/mol. The Hall–Kier alpha value is -1.88. The van der Waals surface area contributed by atoms with Gasteiger partial charge in [-0.1, -0.05) is 30.3 Å². The van der Waals surface area contributed by atoms with Crippen LogP contribution in [0.5, 0.6) is 0 Å². The van der Waals surface area contributed by atoms with Gasteiger partial charge in [-0.15, -0.1) is 0 Å². The average molecular weight is 277 g/mol. The molecule has 20 heavy (non-hydrogen) atoms. The van der Waals surface area contributed by atoms with E-state index in [-0.39, 0.29) is 18.4 Å². The van der Waals surface area contributed by atoms with E-state index in [0.29, 0.717) is 13.1 Å².